The minimum absolute atomic E-state index is 0.257. The fourth-order valence-electron chi connectivity index (χ4n) is 4.00. The fourth-order valence-corrected chi connectivity index (χ4v) is 4.95. The number of rotatable bonds is 7. The summed E-state index contributed by atoms with van der Waals surface area (Å²) in [5.74, 6) is 2.14. The molecular formula is C23H26FN3O2S. The summed E-state index contributed by atoms with van der Waals surface area (Å²) in [6, 6.07) is 13.4. The van der Waals surface area contributed by atoms with Gasteiger partial charge in [0.25, 0.3) is 0 Å². The third kappa shape index (κ3) is 4.31. The zero-order chi connectivity index (χ0) is 20.9. The van der Waals surface area contributed by atoms with E-state index in [-0.39, 0.29) is 11.6 Å². The lowest BCUT2D eigenvalue weighted by Gasteiger charge is -2.26. The molecule has 158 valence electrons. The third-order valence-corrected chi connectivity index (χ3v) is 6.55. The van der Waals surface area contributed by atoms with Crippen molar-refractivity contribution < 1.29 is 13.9 Å². The van der Waals surface area contributed by atoms with Crippen LogP contribution in [0.1, 0.15) is 43.7 Å². The van der Waals surface area contributed by atoms with Crippen molar-refractivity contribution >= 4 is 11.8 Å². The van der Waals surface area contributed by atoms with Crippen molar-refractivity contribution in [1.29, 1.82) is 0 Å². The molecule has 0 atom stereocenters. The number of aromatic nitrogens is 3. The molecular weight excluding hydrogens is 401 g/mol. The van der Waals surface area contributed by atoms with Crippen molar-refractivity contribution in [2.75, 3.05) is 14.2 Å². The molecule has 1 heterocycles. The molecule has 0 bridgehead atoms. The van der Waals surface area contributed by atoms with Crippen LogP contribution in [0.5, 0.6) is 11.5 Å². The van der Waals surface area contributed by atoms with Crippen LogP contribution in [0.4, 0.5) is 4.39 Å². The summed E-state index contributed by atoms with van der Waals surface area (Å²) in [5, 5.41) is 9.92. The predicted octanol–water partition coefficient (Wildman–Crippen LogP) is 5.90. The predicted molar refractivity (Wildman–Crippen MR) is 117 cm³/mol. The van der Waals surface area contributed by atoms with Crippen LogP contribution in [0.15, 0.2) is 47.6 Å². The summed E-state index contributed by atoms with van der Waals surface area (Å²) in [6.07, 6.45) is 5.93. The van der Waals surface area contributed by atoms with Gasteiger partial charge in [-0.25, -0.2) is 4.39 Å². The van der Waals surface area contributed by atoms with E-state index in [0.29, 0.717) is 11.8 Å². The molecule has 0 amide bonds. The Balaban J connectivity index is 1.66. The first-order valence-corrected chi connectivity index (χ1v) is 11.2. The second-order valence-corrected chi connectivity index (χ2v) is 8.37. The van der Waals surface area contributed by atoms with Gasteiger partial charge in [-0.1, -0.05) is 49.2 Å². The Kier molecular flexibility index (Phi) is 6.57. The summed E-state index contributed by atoms with van der Waals surface area (Å²) in [7, 11) is 3.15. The van der Waals surface area contributed by atoms with Crippen LogP contribution in [-0.2, 0) is 5.75 Å². The summed E-state index contributed by atoms with van der Waals surface area (Å²) >= 11 is 1.59. The van der Waals surface area contributed by atoms with Crippen molar-refractivity contribution in [1.82, 2.24) is 14.8 Å². The maximum Gasteiger partial charge on any atom is 0.192 e. The molecule has 1 fully saturated rings. The fraction of sp³-hybridized carbons (Fsp3) is 0.391. The van der Waals surface area contributed by atoms with E-state index in [0.717, 1.165) is 40.7 Å². The normalized spacial score (nSPS) is 14.6. The average Bonchev–Trinajstić information content (AvgIpc) is 3.22. The lowest BCUT2D eigenvalue weighted by Crippen LogP contribution is -2.15. The monoisotopic (exact) mass is 427 g/mol. The molecule has 30 heavy (non-hydrogen) atoms. The maximum absolute atomic E-state index is 14.1. The Labute approximate surface area is 180 Å². The molecule has 1 aliphatic rings. The first-order chi connectivity index (χ1) is 14.7. The Bertz CT molecular complexity index is 1000. The van der Waals surface area contributed by atoms with Gasteiger partial charge in [0, 0.05) is 11.8 Å². The summed E-state index contributed by atoms with van der Waals surface area (Å²) in [5.41, 5.74) is 1.83. The first kappa shape index (κ1) is 20.7. The van der Waals surface area contributed by atoms with Gasteiger partial charge in [-0.05, 0) is 42.7 Å². The van der Waals surface area contributed by atoms with Gasteiger partial charge in [-0.3, -0.25) is 4.57 Å². The van der Waals surface area contributed by atoms with Gasteiger partial charge >= 0.3 is 0 Å². The molecule has 4 rings (SSSR count). The van der Waals surface area contributed by atoms with Crippen molar-refractivity contribution in [2.24, 2.45) is 0 Å². The second-order valence-electron chi connectivity index (χ2n) is 7.43. The Morgan fingerprint density at radius 1 is 1.00 bits per heavy atom. The molecule has 3 aromatic rings. The van der Waals surface area contributed by atoms with Crippen LogP contribution < -0.4 is 9.47 Å². The molecule has 1 saturated carbocycles. The molecule has 5 nitrogen and oxygen atoms in total. The highest BCUT2D eigenvalue weighted by molar-refractivity contribution is 7.98. The molecule has 7 heteroatoms. The van der Waals surface area contributed by atoms with E-state index >= 15 is 0 Å². The largest absolute Gasteiger partial charge is 0.496 e. The van der Waals surface area contributed by atoms with Gasteiger partial charge in [-0.2, -0.15) is 0 Å². The summed E-state index contributed by atoms with van der Waals surface area (Å²) in [6.45, 7) is 0. The van der Waals surface area contributed by atoms with Crippen molar-refractivity contribution in [3.63, 3.8) is 0 Å². The second kappa shape index (κ2) is 9.51. The van der Waals surface area contributed by atoms with E-state index in [1.807, 2.05) is 30.3 Å². The number of hydrogen-bond donors (Lipinski definition) is 0. The quantitative estimate of drug-likeness (QED) is 0.440. The smallest absolute Gasteiger partial charge is 0.192 e. The van der Waals surface area contributed by atoms with Crippen LogP contribution in [0.2, 0.25) is 0 Å². The van der Waals surface area contributed by atoms with E-state index in [9.17, 15) is 4.39 Å². The van der Waals surface area contributed by atoms with E-state index in [2.05, 4.69) is 14.8 Å². The number of halogens is 1. The van der Waals surface area contributed by atoms with Crippen LogP contribution in [0.3, 0.4) is 0 Å². The lowest BCUT2D eigenvalue weighted by atomic mass is 9.95. The molecule has 1 aromatic heterocycles. The van der Waals surface area contributed by atoms with Gasteiger partial charge < -0.3 is 9.47 Å². The molecule has 0 N–H and O–H groups in total. The van der Waals surface area contributed by atoms with Crippen LogP contribution in [-0.4, -0.2) is 29.0 Å². The Hall–Kier alpha value is -2.54. The number of ether oxygens (including phenoxy) is 2. The third-order valence-electron chi connectivity index (χ3n) is 5.54. The van der Waals surface area contributed by atoms with E-state index in [1.165, 1.54) is 32.4 Å². The molecule has 1 aliphatic carbocycles. The standard InChI is InChI=1S/C23H26FN3O2S/c1-28-20-11-7-6-10-18(20)22-25-26-23(27(22)17-8-4-3-5-9-17)30-15-16-12-13-21(29-2)19(24)14-16/h6-7,10-14,17H,3-5,8-9,15H2,1-2H3. The van der Waals surface area contributed by atoms with Crippen LogP contribution in [0.25, 0.3) is 11.4 Å². The topological polar surface area (TPSA) is 49.2 Å². The number of thioether (sulfide) groups is 1. The molecule has 0 radical (unpaired) electrons. The molecule has 0 spiro atoms. The highest BCUT2D eigenvalue weighted by Crippen LogP contribution is 2.38. The zero-order valence-corrected chi connectivity index (χ0v) is 18.1. The molecule has 0 saturated heterocycles. The van der Waals surface area contributed by atoms with Crippen LogP contribution >= 0.6 is 11.8 Å². The van der Waals surface area contributed by atoms with Crippen molar-refractivity contribution in [3.8, 4) is 22.9 Å². The lowest BCUT2D eigenvalue weighted by molar-refractivity contribution is 0.338. The van der Waals surface area contributed by atoms with Crippen molar-refractivity contribution in [2.45, 2.75) is 49.1 Å². The highest BCUT2D eigenvalue weighted by Gasteiger charge is 2.25. The Morgan fingerprint density at radius 2 is 1.77 bits per heavy atom. The SMILES string of the molecule is COc1ccc(CSc2nnc(-c3ccccc3OC)n2C2CCCCC2)cc1F. The molecule has 2 aromatic carbocycles. The molecule has 0 unspecified atom stereocenters. The van der Waals surface area contributed by atoms with Gasteiger partial charge in [-0.15, -0.1) is 10.2 Å². The van der Waals surface area contributed by atoms with Gasteiger partial charge in [0.2, 0.25) is 0 Å². The number of benzene rings is 2. The summed E-state index contributed by atoms with van der Waals surface area (Å²) < 4.78 is 26.9. The van der Waals surface area contributed by atoms with Crippen LogP contribution in [0, 0.1) is 5.82 Å². The number of nitrogens with zero attached hydrogens (tertiary/aromatic N) is 3. The van der Waals surface area contributed by atoms with Crippen molar-refractivity contribution in [3.05, 3.63) is 53.8 Å². The van der Waals surface area contributed by atoms with Gasteiger partial charge in [0.05, 0.1) is 19.8 Å². The average molecular weight is 428 g/mol. The van der Waals surface area contributed by atoms with Gasteiger partial charge in [0.1, 0.15) is 5.75 Å². The minimum atomic E-state index is -0.348. The maximum atomic E-state index is 14.1. The zero-order valence-electron chi connectivity index (χ0n) is 17.3. The first-order valence-electron chi connectivity index (χ1n) is 10.2. The van der Waals surface area contributed by atoms with E-state index in [4.69, 9.17) is 9.47 Å². The van der Waals surface area contributed by atoms with E-state index < -0.39 is 0 Å². The highest BCUT2D eigenvalue weighted by atomic mass is 32.2. The summed E-state index contributed by atoms with van der Waals surface area (Å²) in [4.78, 5) is 0. The number of hydrogen-bond acceptors (Lipinski definition) is 5. The number of para-hydroxylation sites is 1. The molecule has 0 aliphatic heterocycles. The minimum Gasteiger partial charge on any atom is -0.496 e. The van der Waals surface area contributed by atoms with Gasteiger partial charge in [0.15, 0.2) is 22.5 Å². The van der Waals surface area contributed by atoms with E-state index in [1.54, 1.807) is 24.9 Å². The number of methoxy groups -OCH3 is 2. The Morgan fingerprint density at radius 3 is 2.50 bits per heavy atom.